The second-order valence-electron chi connectivity index (χ2n) is 7.38. The molecule has 0 bridgehead atoms. The molecule has 1 fully saturated rings. The molecule has 1 aromatic rings. The zero-order valence-electron chi connectivity index (χ0n) is 17.5. The van der Waals surface area contributed by atoms with Crippen molar-refractivity contribution in [1.82, 2.24) is 16.0 Å². The van der Waals surface area contributed by atoms with Crippen LogP contribution >= 0.6 is 0 Å². The van der Waals surface area contributed by atoms with Gasteiger partial charge in [0.05, 0.1) is 13.1 Å². The number of rotatable bonds is 10. The number of carbonyl (C=O) groups is 1. The molecule has 1 aliphatic rings. The molecule has 7 nitrogen and oxygen atoms in total. The lowest BCUT2D eigenvalue weighted by Crippen LogP contribution is -2.47. The molecule has 0 atom stereocenters. The second kappa shape index (κ2) is 12.2. The first-order valence-electron chi connectivity index (χ1n) is 10.3. The minimum absolute atomic E-state index is 0.0795. The van der Waals surface area contributed by atoms with Crippen LogP contribution in [0, 0.1) is 5.92 Å². The average Bonchev–Trinajstić information content (AvgIpc) is 2.69. The van der Waals surface area contributed by atoms with Gasteiger partial charge in [0.1, 0.15) is 0 Å². The molecule has 156 valence electrons. The highest BCUT2D eigenvalue weighted by Crippen LogP contribution is 2.16. The number of benzene rings is 1. The van der Waals surface area contributed by atoms with Crippen LogP contribution in [0.1, 0.15) is 32.8 Å². The maximum Gasteiger partial charge on any atom is 0.239 e. The summed E-state index contributed by atoms with van der Waals surface area (Å²) in [7, 11) is 0. The van der Waals surface area contributed by atoms with E-state index in [-0.39, 0.29) is 5.91 Å². The predicted molar refractivity (Wildman–Crippen MR) is 115 cm³/mol. The number of nitrogens with one attached hydrogen (secondary N) is 3. The minimum atomic E-state index is 0.0795. The van der Waals surface area contributed by atoms with E-state index in [1.54, 1.807) is 0 Å². The lowest BCUT2D eigenvalue weighted by Gasteiger charge is -2.28. The number of anilines is 1. The molecule has 0 aliphatic carbocycles. The highest BCUT2D eigenvalue weighted by atomic mass is 16.5. The van der Waals surface area contributed by atoms with Crippen LogP contribution in [0.15, 0.2) is 29.3 Å². The topological polar surface area (TPSA) is 78.0 Å². The Kier molecular flexibility index (Phi) is 9.62. The fourth-order valence-electron chi connectivity index (χ4n) is 2.88. The summed E-state index contributed by atoms with van der Waals surface area (Å²) >= 11 is 0. The number of guanidine groups is 1. The Hall–Kier alpha value is -2.28. The van der Waals surface area contributed by atoms with E-state index in [4.69, 9.17) is 4.74 Å². The van der Waals surface area contributed by atoms with Crippen molar-refractivity contribution in [2.45, 2.75) is 33.7 Å². The number of amides is 1. The first-order valence-corrected chi connectivity index (χ1v) is 10.3. The second-order valence-corrected chi connectivity index (χ2v) is 7.38. The van der Waals surface area contributed by atoms with E-state index in [2.05, 4.69) is 70.9 Å². The molecule has 0 aromatic heterocycles. The molecule has 1 aromatic carbocycles. The highest BCUT2D eigenvalue weighted by molar-refractivity contribution is 5.82. The van der Waals surface area contributed by atoms with Gasteiger partial charge < -0.3 is 25.6 Å². The van der Waals surface area contributed by atoms with Gasteiger partial charge >= 0.3 is 0 Å². The maximum atomic E-state index is 11.5. The van der Waals surface area contributed by atoms with E-state index in [1.165, 1.54) is 0 Å². The van der Waals surface area contributed by atoms with Crippen molar-refractivity contribution in [1.29, 1.82) is 0 Å². The summed E-state index contributed by atoms with van der Waals surface area (Å²) in [5, 5.41) is 9.48. The molecule has 0 unspecified atom stereocenters. The van der Waals surface area contributed by atoms with Gasteiger partial charge in [-0.25, -0.2) is 4.99 Å². The van der Waals surface area contributed by atoms with Gasteiger partial charge in [0.2, 0.25) is 5.91 Å². The Labute approximate surface area is 168 Å². The van der Waals surface area contributed by atoms with Crippen molar-refractivity contribution in [3.05, 3.63) is 29.8 Å². The summed E-state index contributed by atoms with van der Waals surface area (Å²) < 4.78 is 5.60. The van der Waals surface area contributed by atoms with Crippen molar-refractivity contribution in [2.75, 3.05) is 50.8 Å². The van der Waals surface area contributed by atoms with Crippen LogP contribution in [0.25, 0.3) is 0 Å². The Bertz CT molecular complexity index is 616. The zero-order chi connectivity index (χ0) is 20.2. The van der Waals surface area contributed by atoms with Gasteiger partial charge in [0.15, 0.2) is 5.96 Å². The van der Waals surface area contributed by atoms with Gasteiger partial charge in [0.25, 0.3) is 0 Å². The summed E-state index contributed by atoms with van der Waals surface area (Å²) in [6, 6.07) is 8.29. The van der Waals surface area contributed by atoms with E-state index in [0.29, 0.717) is 25.6 Å². The van der Waals surface area contributed by atoms with E-state index in [9.17, 15) is 4.79 Å². The molecule has 0 saturated carbocycles. The number of carbonyl (C=O) groups excluding carboxylic acids is 1. The number of nitrogens with zero attached hydrogens (tertiary/aromatic N) is 2. The number of piperazine rings is 1. The van der Waals surface area contributed by atoms with E-state index >= 15 is 0 Å². The van der Waals surface area contributed by atoms with Gasteiger partial charge in [-0.2, -0.15) is 0 Å². The van der Waals surface area contributed by atoms with Gasteiger partial charge in [-0.1, -0.05) is 26.0 Å². The predicted octanol–water partition coefficient (Wildman–Crippen LogP) is 1.74. The molecule has 28 heavy (non-hydrogen) atoms. The molecule has 0 spiro atoms. The lowest BCUT2D eigenvalue weighted by molar-refractivity contribution is -0.120. The Balaban J connectivity index is 1.78. The Morgan fingerprint density at radius 2 is 2.07 bits per heavy atom. The molecule has 7 heteroatoms. The molecule has 3 N–H and O–H groups in total. The van der Waals surface area contributed by atoms with Crippen molar-refractivity contribution < 1.29 is 9.53 Å². The third-order valence-corrected chi connectivity index (χ3v) is 4.31. The van der Waals surface area contributed by atoms with Crippen LogP contribution in [-0.2, 0) is 16.1 Å². The van der Waals surface area contributed by atoms with Crippen LogP contribution in [0.2, 0.25) is 0 Å². The van der Waals surface area contributed by atoms with Gasteiger partial charge in [-0.15, -0.1) is 0 Å². The molecule has 1 heterocycles. The van der Waals surface area contributed by atoms with Crippen molar-refractivity contribution in [3.63, 3.8) is 0 Å². The van der Waals surface area contributed by atoms with Gasteiger partial charge in [-0.3, -0.25) is 4.79 Å². The fourth-order valence-corrected chi connectivity index (χ4v) is 2.88. The van der Waals surface area contributed by atoms with Crippen molar-refractivity contribution in [3.8, 4) is 0 Å². The quantitative estimate of drug-likeness (QED) is 0.323. The molecule has 2 rings (SSSR count). The van der Waals surface area contributed by atoms with Crippen LogP contribution in [0.3, 0.4) is 0 Å². The number of aliphatic imine (C=N–C) groups is 1. The van der Waals surface area contributed by atoms with Crippen LogP contribution in [0.5, 0.6) is 0 Å². The summed E-state index contributed by atoms with van der Waals surface area (Å²) in [6.45, 7) is 12.2. The monoisotopic (exact) mass is 389 g/mol. The SMILES string of the molecule is CCNC(=NCc1ccc(N2CCNC(=O)C2)cc1)NCCCOCC(C)C. The standard InChI is InChI=1S/C21H35N5O2/c1-4-22-21(24-10-5-13-28-16-17(2)3)25-14-18-6-8-19(9-7-18)26-12-11-23-20(27)15-26/h6-9,17H,4-5,10-16H2,1-3H3,(H,23,27)(H2,22,24,25). The largest absolute Gasteiger partial charge is 0.381 e. The van der Waals surface area contributed by atoms with E-state index < -0.39 is 0 Å². The molecular weight excluding hydrogens is 354 g/mol. The summed E-state index contributed by atoms with van der Waals surface area (Å²) in [5.74, 6) is 1.48. The van der Waals surface area contributed by atoms with Crippen LogP contribution in [0.4, 0.5) is 5.69 Å². The lowest BCUT2D eigenvalue weighted by atomic mass is 10.2. The average molecular weight is 390 g/mol. The maximum absolute atomic E-state index is 11.5. The Morgan fingerprint density at radius 1 is 1.29 bits per heavy atom. The minimum Gasteiger partial charge on any atom is -0.381 e. The highest BCUT2D eigenvalue weighted by Gasteiger charge is 2.16. The molecule has 1 aliphatic heterocycles. The summed E-state index contributed by atoms with van der Waals surface area (Å²) in [5.41, 5.74) is 2.22. The normalized spacial score (nSPS) is 14.9. The smallest absolute Gasteiger partial charge is 0.239 e. The van der Waals surface area contributed by atoms with Gasteiger partial charge in [-0.05, 0) is 37.0 Å². The third kappa shape index (κ3) is 8.17. The first-order chi connectivity index (χ1) is 13.6. The summed E-state index contributed by atoms with van der Waals surface area (Å²) in [4.78, 5) is 18.3. The van der Waals surface area contributed by atoms with E-state index in [0.717, 1.165) is 56.5 Å². The fraction of sp³-hybridized carbons (Fsp3) is 0.619. The van der Waals surface area contributed by atoms with E-state index in [1.807, 2.05) is 0 Å². The molecule has 1 saturated heterocycles. The van der Waals surface area contributed by atoms with Crippen LogP contribution < -0.4 is 20.9 Å². The number of ether oxygens (including phenoxy) is 1. The Morgan fingerprint density at radius 3 is 2.75 bits per heavy atom. The zero-order valence-corrected chi connectivity index (χ0v) is 17.5. The third-order valence-electron chi connectivity index (χ3n) is 4.31. The van der Waals surface area contributed by atoms with Crippen molar-refractivity contribution >= 4 is 17.6 Å². The van der Waals surface area contributed by atoms with Crippen molar-refractivity contribution in [2.24, 2.45) is 10.9 Å². The number of hydrogen-bond acceptors (Lipinski definition) is 4. The van der Waals surface area contributed by atoms with Gasteiger partial charge in [0, 0.05) is 45.1 Å². The first kappa shape index (κ1) is 22.0. The molecule has 1 amide bonds. The molecular formula is C21H35N5O2. The molecule has 0 radical (unpaired) electrons. The summed E-state index contributed by atoms with van der Waals surface area (Å²) in [6.07, 6.45) is 0.954. The van der Waals surface area contributed by atoms with Crippen LogP contribution in [-0.4, -0.2) is 57.8 Å². The number of hydrogen-bond donors (Lipinski definition) is 3.